The molecule has 0 aromatic carbocycles. The number of aryl methyl sites for hydroxylation is 1. The molecule has 2 N–H and O–H groups in total. The number of rotatable bonds is 2. The minimum Gasteiger partial charge on any atom is -0.324 e. The zero-order valence-electron chi connectivity index (χ0n) is 9.94. The van der Waals surface area contributed by atoms with Crippen molar-refractivity contribution in [1.82, 2.24) is 18.9 Å². The van der Waals surface area contributed by atoms with Gasteiger partial charge in [-0.1, -0.05) is 0 Å². The van der Waals surface area contributed by atoms with E-state index in [1.54, 1.807) is 18.3 Å². The lowest BCUT2D eigenvalue weighted by atomic mass is 10.3. The van der Waals surface area contributed by atoms with Crippen LogP contribution >= 0.6 is 0 Å². The first-order chi connectivity index (χ1) is 7.93. The fraction of sp³-hybridized carbons (Fsp3) is 0.667. The van der Waals surface area contributed by atoms with Crippen LogP contribution in [0.4, 0.5) is 0 Å². The molecule has 8 heteroatoms. The number of nitrogens with two attached hydrogens (primary N) is 1. The Bertz CT molecular complexity index is 497. The van der Waals surface area contributed by atoms with Crippen molar-refractivity contribution in [3.05, 3.63) is 12.4 Å². The van der Waals surface area contributed by atoms with Gasteiger partial charge in [0.25, 0.3) is 10.0 Å². The average molecular weight is 259 g/mol. The van der Waals surface area contributed by atoms with Crippen LogP contribution in [0.1, 0.15) is 6.92 Å². The maximum atomic E-state index is 12.4. The average Bonchev–Trinajstić information content (AvgIpc) is 2.64. The van der Waals surface area contributed by atoms with Crippen molar-refractivity contribution < 1.29 is 8.42 Å². The van der Waals surface area contributed by atoms with Crippen LogP contribution in [0.3, 0.4) is 0 Å². The van der Waals surface area contributed by atoms with Crippen LogP contribution < -0.4 is 5.84 Å². The van der Waals surface area contributed by atoms with Gasteiger partial charge >= 0.3 is 0 Å². The summed E-state index contributed by atoms with van der Waals surface area (Å²) in [5, 5.41) is 1.71. The predicted octanol–water partition coefficient (Wildman–Crippen LogP) is -1.01. The van der Waals surface area contributed by atoms with E-state index in [4.69, 9.17) is 5.84 Å². The van der Waals surface area contributed by atoms with Crippen molar-refractivity contribution in [3.8, 4) is 0 Å². The Kier molecular flexibility index (Phi) is 3.21. The first kappa shape index (κ1) is 12.5. The van der Waals surface area contributed by atoms with E-state index in [9.17, 15) is 8.42 Å². The molecule has 1 fully saturated rings. The summed E-state index contributed by atoms with van der Waals surface area (Å²) < 4.78 is 27.7. The third kappa shape index (κ3) is 2.21. The molecule has 0 bridgehead atoms. The molecule has 7 nitrogen and oxygen atoms in total. The molecule has 0 radical (unpaired) electrons. The van der Waals surface area contributed by atoms with Crippen molar-refractivity contribution in [2.45, 2.75) is 18.1 Å². The van der Waals surface area contributed by atoms with Crippen LogP contribution in [0, 0.1) is 0 Å². The van der Waals surface area contributed by atoms with Gasteiger partial charge in [-0.15, -0.1) is 0 Å². The minimum absolute atomic E-state index is 0.0785. The Labute approximate surface area is 101 Å². The summed E-state index contributed by atoms with van der Waals surface area (Å²) in [4.78, 5) is 3.90. The highest BCUT2D eigenvalue weighted by atomic mass is 32.2. The molecule has 0 spiro atoms. The van der Waals surface area contributed by atoms with Crippen LogP contribution in [0.25, 0.3) is 0 Å². The van der Waals surface area contributed by atoms with Gasteiger partial charge in [0.1, 0.15) is 0 Å². The van der Waals surface area contributed by atoms with E-state index in [0.29, 0.717) is 19.6 Å². The highest BCUT2D eigenvalue weighted by Gasteiger charge is 2.35. The number of imidazole rings is 1. The number of nitrogens with zero attached hydrogens (tertiary/aromatic N) is 4. The lowest BCUT2D eigenvalue weighted by Crippen LogP contribution is -2.56. The van der Waals surface area contributed by atoms with E-state index in [2.05, 4.69) is 4.98 Å². The summed E-state index contributed by atoms with van der Waals surface area (Å²) in [5.74, 6) is 5.67. The van der Waals surface area contributed by atoms with Gasteiger partial charge in [0, 0.05) is 45.1 Å². The number of hydrogen-bond donors (Lipinski definition) is 1. The van der Waals surface area contributed by atoms with E-state index in [0.717, 1.165) is 0 Å². The van der Waals surface area contributed by atoms with E-state index in [1.807, 2.05) is 6.92 Å². The third-order valence-electron chi connectivity index (χ3n) is 2.91. The quantitative estimate of drug-likeness (QED) is 0.688. The van der Waals surface area contributed by atoms with Gasteiger partial charge in [0.2, 0.25) is 5.16 Å². The molecule has 96 valence electrons. The SMILES string of the molecule is C[C@@H]1CN(N)CCN1S(=O)(=O)c1nccn1C. The molecule has 0 unspecified atom stereocenters. The van der Waals surface area contributed by atoms with Crippen molar-refractivity contribution in [3.63, 3.8) is 0 Å². The van der Waals surface area contributed by atoms with Crippen LogP contribution in [-0.2, 0) is 17.1 Å². The number of sulfonamides is 1. The Hall–Kier alpha value is -0.960. The topological polar surface area (TPSA) is 84.5 Å². The Morgan fingerprint density at radius 1 is 1.47 bits per heavy atom. The largest absolute Gasteiger partial charge is 0.324 e. The van der Waals surface area contributed by atoms with E-state index in [-0.39, 0.29) is 11.2 Å². The Balaban J connectivity index is 2.31. The predicted molar refractivity (Wildman–Crippen MR) is 62.3 cm³/mol. The second-order valence-electron chi connectivity index (χ2n) is 4.28. The monoisotopic (exact) mass is 259 g/mol. The molecule has 1 aromatic heterocycles. The van der Waals surface area contributed by atoms with Crippen LogP contribution in [-0.4, -0.2) is 53.0 Å². The number of aromatic nitrogens is 2. The Morgan fingerprint density at radius 3 is 2.71 bits per heavy atom. The number of piperazine rings is 1. The molecule has 0 aliphatic carbocycles. The summed E-state index contributed by atoms with van der Waals surface area (Å²) >= 11 is 0. The summed E-state index contributed by atoms with van der Waals surface area (Å²) in [6, 6.07) is -0.143. The minimum atomic E-state index is -3.52. The second-order valence-corrected chi connectivity index (χ2v) is 6.06. The highest BCUT2D eigenvalue weighted by molar-refractivity contribution is 7.89. The molecule has 1 aromatic rings. The zero-order chi connectivity index (χ0) is 12.6. The first-order valence-electron chi connectivity index (χ1n) is 5.41. The molecular weight excluding hydrogens is 242 g/mol. The van der Waals surface area contributed by atoms with Gasteiger partial charge < -0.3 is 4.57 Å². The van der Waals surface area contributed by atoms with Gasteiger partial charge in [-0.05, 0) is 6.92 Å². The Morgan fingerprint density at radius 2 is 2.18 bits per heavy atom. The van der Waals surface area contributed by atoms with Gasteiger partial charge in [-0.2, -0.15) is 4.31 Å². The highest BCUT2D eigenvalue weighted by Crippen LogP contribution is 2.18. The molecule has 17 heavy (non-hydrogen) atoms. The smallest absolute Gasteiger partial charge is 0.277 e. The fourth-order valence-electron chi connectivity index (χ4n) is 2.03. The van der Waals surface area contributed by atoms with E-state index in [1.165, 1.54) is 15.1 Å². The number of hydrazine groups is 1. The first-order valence-corrected chi connectivity index (χ1v) is 6.85. The lowest BCUT2D eigenvalue weighted by molar-refractivity contribution is 0.145. The molecule has 1 saturated heterocycles. The summed E-state index contributed by atoms with van der Waals surface area (Å²) in [6.07, 6.45) is 3.10. The van der Waals surface area contributed by atoms with Crippen molar-refractivity contribution in [2.24, 2.45) is 12.9 Å². The van der Waals surface area contributed by atoms with Gasteiger partial charge in [0.15, 0.2) is 0 Å². The number of hydrogen-bond acceptors (Lipinski definition) is 5. The molecule has 1 aliphatic rings. The summed E-state index contributed by atoms with van der Waals surface area (Å²) in [5.41, 5.74) is 0. The van der Waals surface area contributed by atoms with Gasteiger partial charge in [-0.3, -0.25) is 5.84 Å². The molecule has 0 saturated carbocycles. The van der Waals surface area contributed by atoms with Crippen LogP contribution in [0.2, 0.25) is 0 Å². The zero-order valence-corrected chi connectivity index (χ0v) is 10.8. The van der Waals surface area contributed by atoms with E-state index >= 15 is 0 Å². The lowest BCUT2D eigenvalue weighted by Gasteiger charge is -2.36. The molecule has 2 heterocycles. The molecule has 1 atom stereocenters. The van der Waals surface area contributed by atoms with Crippen molar-refractivity contribution in [2.75, 3.05) is 19.6 Å². The van der Waals surface area contributed by atoms with Crippen LogP contribution in [0.5, 0.6) is 0 Å². The maximum Gasteiger partial charge on any atom is 0.277 e. The maximum absolute atomic E-state index is 12.4. The summed E-state index contributed by atoms with van der Waals surface area (Å²) in [7, 11) is -1.85. The third-order valence-corrected chi connectivity index (χ3v) is 4.93. The molecule has 2 rings (SSSR count). The normalized spacial score (nSPS) is 24.1. The summed E-state index contributed by atoms with van der Waals surface area (Å²) in [6.45, 7) is 3.31. The van der Waals surface area contributed by atoms with Crippen molar-refractivity contribution >= 4 is 10.0 Å². The molecule has 1 aliphatic heterocycles. The van der Waals surface area contributed by atoms with E-state index < -0.39 is 10.0 Å². The molecular formula is C9H17N5O2S. The molecule has 0 amide bonds. The van der Waals surface area contributed by atoms with Gasteiger partial charge in [-0.25, -0.2) is 18.4 Å². The fourth-order valence-corrected chi connectivity index (χ4v) is 3.72. The van der Waals surface area contributed by atoms with Gasteiger partial charge in [0.05, 0.1) is 0 Å². The van der Waals surface area contributed by atoms with Crippen molar-refractivity contribution in [1.29, 1.82) is 0 Å². The van der Waals surface area contributed by atoms with Crippen LogP contribution in [0.15, 0.2) is 17.6 Å². The standard InChI is InChI=1S/C9H17N5O2S/c1-8-7-13(10)5-6-14(8)17(15,16)9-11-3-4-12(9)2/h3-4,8H,5-7,10H2,1-2H3/t8-/m1/s1. The second kappa shape index (κ2) is 4.37.